The summed E-state index contributed by atoms with van der Waals surface area (Å²) >= 11 is 0. The summed E-state index contributed by atoms with van der Waals surface area (Å²) in [4.78, 5) is 24.6. The molecule has 1 saturated carbocycles. The first-order valence-electron chi connectivity index (χ1n) is 9.70. The van der Waals surface area contributed by atoms with E-state index >= 15 is 0 Å². The van der Waals surface area contributed by atoms with Crippen LogP contribution < -0.4 is 10.6 Å². The summed E-state index contributed by atoms with van der Waals surface area (Å²) in [6.45, 7) is 0. The average molecular weight is 404 g/mol. The van der Waals surface area contributed by atoms with Gasteiger partial charge in [-0.3, -0.25) is 9.59 Å². The van der Waals surface area contributed by atoms with Crippen LogP contribution in [-0.2, 0) is 11.0 Å². The molecule has 3 rings (SSSR count). The van der Waals surface area contributed by atoms with Crippen molar-refractivity contribution >= 4 is 23.2 Å². The number of hydrogen-bond acceptors (Lipinski definition) is 2. The summed E-state index contributed by atoms with van der Waals surface area (Å²) in [6.07, 6.45) is 1.64. The van der Waals surface area contributed by atoms with Gasteiger partial charge >= 0.3 is 6.18 Å². The number of rotatable bonds is 6. The molecular weight excluding hydrogens is 381 g/mol. The maximum Gasteiger partial charge on any atom is 0.416 e. The Hall–Kier alpha value is -2.83. The molecule has 0 aliphatic heterocycles. The van der Waals surface area contributed by atoms with E-state index in [1.165, 1.54) is 49.9 Å². The fourth-order valence-electron chi connectivity index (χ4n) is 3.57. The van der Waals surface area contributed by atoms with E-state index in [1.54, 1.807) is 12.1 Å². The molecule has 0 unspecified atom stereocenters. The standard InChI is InChI=1S/C22H23F3N2O2/c23-22(24,25)17-8-4-10-19(14-17)27-21(29)16-7-3-9-18(13-16)26-20(28)12-11-15-5-1-2-6-15/h3-4,7-10,13-15H,1-2,5-6,11-12H2,(H,26,28)(H,27,29). The Kier molecular flexibility index (Phi) is 6.56. The molecule has 0 heterocycles. The van der Waals surface area contributed by atoms with Gasteiger partial charge < -0.3 is 10.6 Å². The van der Waals surface area contributed by atoms with E-state index in [4.69, 9.17) is 0 Å². The Morgan fingerprint density at radius 1 is 0.931 bits per heavy atom. The summed E-state index contributed by atoms with van der Waals surface area (Å²) in [6, 6.07) is 10.8. The van der Waals surface area contributed by atoms with Crippen LogP contribution in [0.4, 0.5) is 24.5 Å². The zero-order valence-corrected chi connectivity index (χ0v) is 15.9. The Bertz CT molecular complexity index is 874. The maximum absolute atomic E-state index is 12.8. The van der Waals surface area contributed by atoms with Crippen molar-refractivity contribution < 1.29 is 22.8 Å². The maximum atomic E-state index is 12.8. The lowest BCUT2D eigenvalue weighted by Gasteiger charge is -2.11. The minimum atomic E-state index is -4.48. The van der Waals surface area contributed by atoms with Gasteiger partial charge in [0, 0.05) is 23.4 Å². The molecule has 0 saturated heterocycles. The molecule has 0 aromatic heterocycles. The molecular formula is C22H23F3N2O2. The van der Waals surface area contributed by atoms with Crippen LogP contribution in [0.25, 0.3) is 0 Å². The van der Waals surface area contributed by atoms with Crippen molar-refractivity contribution in [3.05, 3.63) is 59.7 Å². The molecule has 0 spiro atoms. The monoisotopic (exact) mass is 404 g/mol. The average Bonchev–Trinajstić information content (AvgIpc) is 3.20. The summed E-state index contributed by atoms with van der Waals surface area (Å²) in [5.41, 5.74) is -0.0523. The quantitative estimate of drug-likeness (QED) is 0.633. The van der Waals surface area contributed by atoms with Gasteiger partial charge in [0.05, 0.1) is 5.56 Å². The van der Waals surface area contributed by atoms with Gasteiger partial charge in [0.25, 0.3) is 5.91 Å². The molecule has 0 atom stereocenters. The fourth-order valence-corrected chi connectivity index (χ4v) is 3.57. The molecule has 1 aliphatic rings. The van der Waals surface area contributed by atoms with Crippen LogP contribution in [0.3, 0.4) is 0 Å². The van der Waals surface area contributed by atoms with Crippen LogP contribution >= 0.6 is 0 Å². The zero-order valence-electron chi connectivity index (χ0n) is 15.9. The molecule has 154 valence electrons. The Labute approximate surface area is 167 Å². The number of amides is 2. The minimum Gasteiger partial charge on any atom is -0.326 e. The van der Waals surface area contributed by atoms with Gasteiger partial charge in [-0.2, -0.15) is 13.2 Å². The zero-order chi connectivity index (χ0) is 20.9. The number of alkyl halides is 3. The van der Waals surface area contributed by atoms with Crippen molar-refractivity contribution in [2.45, 2.75) is 44.7 Å². The van der Waals surface area contributed by atoms with Crippen LogP contribution in [-0.4, -0.2) is 11.8 Å². The molecule has 2 amide bonds. The molecule has 2 aromatic carbocycles. The van der Waals surface area contributed by atoms with Crippen molar-refractivity contribution in [2.75, 3.05) is 10.6 Å². The summed E-state index contributed by atoms with van der Waals surface area (Å²) in [5, 5.41) is 5.25. The van der Waals surface area contributed by atoms with Crippen molar-refractivity contribution in [1.82, 2.24) is 0 Å². The number of carbonyl (C=O) groups excluding carboxylic acids is 2. The van der Waals surface area contributed by atoms with Crippen molar-refractivity contribution in [3.63, 3.8) is 0 Å². The lowest BCUT2D eigenvalue weighted by Crippen LogP contribution is -2.15. The third-order valence-electron chi connectivity index (χ3n) is 5.11. The lowest BCUT2D eigenvalue weighted by atomic mass is 10.0. The Morgan fingerprint density at radius 3 is 2.28 bits per heavy atom. The highest BCUT2D eigenvalue weighted by molar-refractivity contribution is 6.05. The Balaban J connectivity index is 1.59. The number of halogens is 3. The van der Waals surface area contributed by atoms with Crippen LogP contribution in [0.5, 0.6) is 0 Å². The highest BCUT2D eigenvalue weighted by Gasteiger charge is 2.30. The van der Waals surface area contributed by atoms with Crippen LogP contribution in [0.15, 0.2) is 48.5 Å². The SMILES string of the molecule is O=C(CCC1CCCC1)Nc1cccc(C(=O)Nc2cccc(C(F)(F)F)c2)c1. The van der Waals surface area contributed by atoms with Crippen molar-refractivity contribution in [3.8, 4) is 0 Å². The van der Waals surface area contributed by atoms with Gasteiger partial charge in [-0.1, -0.05) is 37.8 Å². The van der Waals surface area contributed by atoms with Crippen LogP contribution in [0, 0.1) is 5.92 Å². The number of nitrogens with one attached hydrogen (secondary N) is 2. The van der Waals surface area contributed by atoms with E-state index in [1.807, 2.05) is 0 Å². The first kappa shape index (κ1) is 20.9. The van der Waals surface area contributed by atoms with E-state index in [0.29, 0.717) is 18.0 Å². The molecule has 2 aromatic rings. The topological polar surface area (TPSA) is 58.2 Å². The fraction of sp³-hybridized carbons (Fsp3) is 0.364. The van der Waals surface area contributed by atoms with Gasteiger partial charge in [-0.15, -0.1) is 0 Å². The number of benzene rings is 2. The van der Waals surface area contributed by atoms with E-state index in [2.05, 4.69) is 10.6 Å². The largest absolute Gasteiger partial charge is 0.416 e. The number of anilines is 2. The molecule has 1 fully saturated rings. The second kappa shape index (κ2) is 9.11. The highest BCUT2D eigenvalue weighted by Crippen LogP contribution is 2.31. The number of carbonyl (C=O) groups is 2. The second-order valence-corrected chi connectivity index (χ2v) is 7.35. The van der Waals surface area contributed by atoms with Gasteiger partial charge in [0.2, 0.25) is 5.91 Å². The summed E-state index contributed by atoms with van der Waals surface area (Å²) in [5.74, 6) is -0.0379. The molecule has 4 nitrogen and oxygen atoms in total. The molecule has 0 bridgehead atoms. The molecule has 7 heteroatoms. The third-order valence-corrected chi connectivity index (χ3v) is 5.11. The van der Waals surface area contributed by atoms with E-state index < -0.39 is 17.6 Å². The van der Waals surface area contributed by atoms with Gasteiger partial charge in [-0.05, 0) is 48.7 Å². The van der Waals surface area contributed by atoms with Crippen molar-refractivity contribution in [1.29, 1.82) is 0 Å². The smallest absolute Gasteiger partial charge is 0.326 e. The van der Waals surface area contributed by atoms with Gasteiger partial charge in [-0.25, -0.2) is 0 Å². The van der Waals surface area contributed by atoms with E-state index in [0.717, 1.165) is 18.6 Å². The number of hydrogen-bond donors (Lipinski definition) is 2. The first-order valence-corrected chi connectivity index (χ1v) is 9.70. The lowest BCUT2D eigenvalue weighted by molar-refractivity contribution is -0.137. The summed E-state index contributed by atoms with van der Waals surface area (Å²) < 4.78 is 38.4. The van der Waals surface area contributed by atoms with Gasteiger partial charge in [0.15, 0.2) is 0 Å². The normalized spacial score (nSPS) is 14.6. The van der Waals surface area contributed by atoms with E-state index in [9.17, 15) is 22.8 Å². The summed E-state index contributed by atoms with van der Waals surface area (Å²) in [7, 11) is 0. The van der Waals surface area contributed by atoms with Crippen molar-refractivity contribution in [2.24, 2.45) is 5.92 Å². The first-order chi connectivity index (χ1) is 13.8. The Morgan fingerprint density at radius 2 is 1.59 bits per heavy atom. The molecule has 29 heavy (non-hydrogen) atoms. The molecule has 1 aliphatic carbocycles. The molecule has 2 N–H and O–H groups in total. The van der Waals surface area contributed by atoms with Crippen LogP contribution in [0.1, 0.15) is 54.4 Å². The van der Waals surface area contributed by atoms with Gasteiger partial charge in [0.1, 0.15) is 0 Å². The predicted molar refractivity (Wildman–Crippen MR) is 106 cm³/mol. The second-order valence-electron chi connectivity index (χ2n) is 7.35. The predicted octanol–water partition coefficient (Wildman–Crippen LogP) is 5.87. The minimum absolute atomic E-state index is 0.0517. The van der Waals surface area contributed by atoms with E-state index in [-0.39, 0.29) is 17.2 Å². The highest BCUT2D eigenvalue weighted by atomic mass is 19.4. The third kappa shape index (κ3) is 6.07. The molecule has 0 radical (unpaired) electrons. The van der Waals surface area contributed by atoms with Crippen LogP contribution in [0.2, 0.25) is 0 Å².